The lowest BCUT2D eigenvalue weighted by Gasteiger charge is -2.14. The van der Waals surface area contributed by atoms with Crippen molar-refractivity contribution in [2.75, 3.05) is 0 Å². The molecule has 5 rings (SSSR count). The highest BCUT2D eigenvalue weighted by molar-refractivity contribution is 5.62. The minimum Gasteiger partial charge on any atom is -0.508 e. The number of aromatic nitrogens is 4. The largest absolute Gasteiger partial charge is 0.508 e. The quantitative estimate of drug-likeness (QED) is 0.421. The molecule has 3 aromatic rings. The Morgan fingerprint density at radius 2 is 1.80 bits per heavy atom. The Balaban J connectivity index is 1.66. The fourth-order valence-electron chi connectivity index (χ4n) is 3.73. The van der Waals surface area contributed by atoms with Crippen molar-refractivity contribution in [2.24, 2.45) is 0 Å². The number of nitrogens with zero attached hydrogens (tertiary/aromatic N) is 2. The molecule has 0 aliphatic carbocycles. The van der Waals surface area contributed by atoms with Gasteiger partial charge in [-0.1, -0.05) is 30.3 Å². The minimum absolute atomic E-state index is 0.0512. The van der Waals surface area contributed by atoms with Gasteiger partial charge in [-0.25, -0.2) is 4.98 Å². The zero-order valence-electron chi connectivity index (χ0n) is 16.2. The molecule has 0 spiro atoms. The van der Waals surface area contributed by atoms with Gasteiger partial charge in [0.15, 0.2) is 0 Å². The van der Waals surface area contributed by atoms with Crippen molar-refractivity contribution >= 4 is 0 Å². The molecule has 6 nitrogen and oxygen atoms in total. The zero-order valence-corrected chi connectivity index (χ0v) is 16.2. The summed E-state index contributed by atoms with van der Waals surface area (Å²) in [5.74, 6) is 0.964. The second-order valence-corrected chi connectivity index (χ2v) is 7.30. The van der Waals surface area contributed by atoms with Crippen LogP contribution in [0.15, 0.2) is 84.0 Å². The molecule has 2 aromatic carbocycles. The number of aromatic amines is 2. The standard InChI is InChI=1S/C24H20N4O2/c29-19-8-6-17(7-9-19)21-15-28-22(20(27-21)12-16-4-2-1-3-5-16)13-18(24(28)30)14-23-25-10-11-26-23/h1-11,13,15,27,29H,12,14H2,(H,25,26). The molecule has 3 N–H and O–H groups in total. The summed E-state index contributed by atoms with van der Waals surface area (Å²) in [6.45, 7) is 0. The summed E-state index contributed by atoms with van der Waals surface area (Å²) < 4.78 is 1.70. The number of H-pyrrole nitrogens is 2. The third kappa shape index (κ3) is 3.39. The van der Waals surface area contributed by atoms with E-state index in [4.69, 9.17) is 0 Å². The Labute approximate surface area is 172 Å². The van der Waals surface area contributed by atoms with Crippen LogP contribution in [0.25, 0.3) is 16.9 Å². The van der Waals surface area contributed by atoms with E-state index in [0.29, 0.717) is 18.4 Å². The Bertz CT molecular complexity index is 1300. The number of benzene rings is 2. The van der Waals surface area contributed by atoms with E-state index in [1.165, 1.54) is 0 Å². The van der Waals surface area contributed by atoms with Crippen molar-refractivity contribution in [1.82, 2.24) is 19.5 Å². The highest BCUT2D eigenvalue weighted by Gasteiger charge is 2.19. The van der Waals surface area contributed by atoms with Gasteiger partial charge in [-0.2, -0.15) is 0 Å². The van der Waals surface area contributed by atoms with Crippen LogP contribution >= 0.6 is 0 Å². The fourth-order valence-corrected chi connectivity index (χ4v) is 3.73. The highest BCUT2D eigenvalue weighted by Crippen LogP contribution is 2.26. The van der Waals surface area contributed by atoms with Crippen LogP contribution in [-0.4, -0.2) is 24.6 Å². The maximum Gasteiger partial charge on any atom is 0.258 e. The van der Waals surface area contributed by atoms with Crippen LogP contribution < -0.4 is 5.56 Å². The van der Waals surface area contributed by atoms with Crippen molar-refractivity contribution in [3.63, 3.8) is 0 Å². The Morgan fingerprint density at radius 1 is 1.00 bits per heavy atom. The highest BCUT2D eigenvalue weighted by atomic mass is 16.3. The van der Waals surface area contributed by atoms with Crippen LogP contribution in [0, 0.1) is 0 Å². The second kappa shape index (κ2) is 7.40. The first-order valence-electron chi connectivity index (χ1n) is 9.75. The van der Waals surface area contributed by atoms with Crippen molar-refractivity contribution in [3.05, 3.63) is 112 Å². The van der Waals surface area contributed by atoms with Crippen molar-refractivity contribution in [1.29, 1.82) is 0 Å². The molecule has 3 heterocycles. The molecule has 0 atom stereocenters. The van der Waals surface area contributed by atoms with Gasteiger partial charge in [0, 0.05) is 42.7 Å². The van der Waals surface area contributed by atoms with Crippen molar-refractivity contribution < 1.29 is 5.11 Å². The van der Waals surface area contributed by atoms with E-state index in [2.05, 4.69) is 27.1 Å². The molecular formula is C24H20N4O2. The normalized spacial score (nSPS) is 11.2. The van der Waals surface area contributed by atoms with E-state index in [1.807, 2.05) is 42.6 Å². The van der Waals surface area contributed by atoms with Gasteiger partial charge in [0.25, 0.3) is 5.56 Å². The van der Waals surface area contributed by atoms with E-state index in [9.17, 15) is 9.90 Å². The first-order valence-corrected chi connectivity index (χ1v) is 9.75. The Hall–Kier alpha value is -4.06. The number of nitrogens with one attached hydrogen (secondary N) is 2. The molecule has 30 heavy (non-hydrogen) atoms. The molecule has 6 heteroatoms. The summed E-state index contributed by atoms with van der Waals surface area (Å²) in [5, 5.41) is 9.62. The number of aromatic hydroxyl groups is 1. The molecule has 0 bridgehead atoms. The number of rotatable bonds is 5. The lowest BCUT2D eigenvalue weighted by atomic mass is 10.1. The van der Waals surface area contributed by atoms with Crippen LogP contribution in [0.4, 0.5) is 0 Å². The molecule has 0 saturated heterocycles. The summed E-state index contributed by atoms with van der Waals surface area (Å²) in [7, 11) is 0. The summed E-state index contributed by atoms with van der Waals surface area (Å²) in [6.07, 6.45) is 6.39. The van der Waals surface area contributed by atoms with Crippen molar-refractivity contribution in [3.8, 4) is 22.7 Å². The molecule has 148 valence electrons. The van der Waals surface area contributed by atoms with E-state index < -0.39 is 0 Å². The van der Waals surface area contributed by atoms with Gasteiger partial charge >= 0.3 is 0 Å². The van der Waals surface area contributed by atoms with E-state index >= 15 is 0 Å². The average molecular weight is 396 g/mol. The number of hydrogen-bond acceptors (Lipinski definition) is 3. The number of hydrogen-bond donors (Lipinski definition) is 3. The number of phenols is 1. The zero-order chi connectivity index (χ0) is 20.5. The van der Waals surface area contributed by atoms with Gasteiger partial charge in [-0.15, -0.1) is 0 Å². The predicted octanol–water partition coefficient (Wildman–Crippen LogP) is 3.88. The first-order chi connectivity index (χ1) is 14.7. The molecule has 0 fully saturated rings. The molecule has 0 radical (unpaired) electrons. The van der Waals surface area contributed by atoms with E-state index in [-0.39, 0.29) is 11.3 Å². The van der Waals surface area contributed by atoms with Gasteiger partial charge in [-0.05, 0) is 41.5 Å². The van der Waals surface area contributed by atoms with Gasteiger partial charge in [-0.3, -0.25) is 9.36 Å². The SMILES string of the molecule is O=c1c(Cc2ncc[nH]2)cc2c(Cc3ccccc3)[nH]c(-c3ccc(O)cc3)cn1-2. The summed E-state index contributed by atoms with van der Waals surface area (Å²) in [5.41, 5.74) is 5.30. The molecule has 0 saturated carbocycles. The summed E-state index contributed by atoms with van der Waals surface area (Å²) in [4.78, 5) is 24.0. The molecular weight excluding hydrogens is 376 g/mol. The second-order valence-electron chi connectivity index (χ2n) is 7.30. The molecule has 1 aromatic heterocycles. The van der Waals surface area contributed by atoms with Crippen molar-refractivity contribution in [2.45, 2.75) is 12.8 Å². The molecule has 2 aliphatic heterocycles. The average Bonchev–Trinajstić information content (AvgIpc) is 3.38. The van der Waals surface area contributed by atoms with Crippen LogP contribution in [0.5, 0.6) is 5.75 Å². The van der Waals surface area contributed by atoms with E-state index in [0.717, 1.165) is 34.0 Å². The maximum atomic E-state index is 13.2. The Morgan fingerprint density at radius 3 is 2.53 bits per heavy atom. The summed E-state index contributed by atoms with van der Waals surface area (Å²) in [6, 6.07) is 19.0. The third-order valence-corrected chi connectivity index (χ3v) is 5.23. The topological polar surface area (TPSA) is 86.7 Å². The monoisotopic (exact) mass is 396 g/mol. The van der Waals surface area contributed by atoms with Crippen LogP contribution in [-0.2, 0) is 12.8 Å². The molecule has 0 unspecified atom stereocenters. The number of phenolic OH excluding ortho intramolecular Hbond substituents is 1. The predicted molar refractivity (Wildman–Crippen MR) is 115 cm³/mol. The van der Waals surface area contributed by atoms with E-state index in [1.54, 1.807) is 29.1 Å². The fraction of sp³-hybridized carbons (Fsp3) is 0.0833. The first kappa shape index (κ1) is 18.0. The molecule has 2 aliphatic rings. The minimum atomic E-state index is -0.0512. The summed E-state index contributed by atoms with van der Waals surface area (Å²) >= 11 is 0. The molecule has 0 amide bonds. The lowest BCUT2D eigenvalue weighted by Crippen LogP contribution is -2.18. The number of fused-ring (bicyclic) bond motifs is 1. The van der Waals surface area contributed by atoms with Crippen LogP contribution in [0.2, 0.25) is 0 Å². The van der Waals surface area contributed by atoms with Gasteiger partial charge in [0.2, 0.25) is 0 Å². The van der Waals surface area contributed by atoms with Gasteiger partial charge in [0.1, 0.15) is 11.6 Å². The number of imidazole rings is 1. The van der Waals surface area contributed by atoms with Gasteiger partial charge < -0.3 is 15.1 Å². The van der Waals surface area contributed by atoms with Gasteiger partial charge in [0.05, 0.1) is 11.4 Å². The smallest absolute Gasteiger partial charge is 0.258 e. The maximum absolute atomic E-state index is 13.2. The lowest BCUT2D eigenvalue weighted by molar-refractivity contribution is 0.475. The third-order valence-electron chi connectivity index (χ3n) is 5.23. The van der Waals surface area contributed by atoms with Crippen LogP contribution in [0.3, 0.4) is 0 Å². The van der Waals surface area contributed by atoms with Crippen LogP contribution in [0.1, 0.15) is 22.6 Å². The Kier molecular flexibility index (Phi) is 4.44.